The predicted octanol–water partition coefficient (Wildman–Crippen LogP) is 3.45. The lowest BCUT2D eigenvalue weighted by Crippen LogP contribution is -2.48. The molecule has 28 heavy (non-hydrogen) atoms. The van der Waals surface area contributed by atoms with Crippen molar-refractivity contribution in [3.63, 3.8) is 0 Å². The molecule has 0 radical (unpaired) electrons. The molecule has 0 spiro atoms. The summed E-state index contributed by atoms with van der Waals surface area (Å²) in [5, 5.41) is 6.67. The Kier molecular flexibility index (Phi) is 11.4. The minimum atomic E-state index is -2.89. The highest BCUT2D eigenvalue weighted by Crippen LogP contribution is 2.29. The van der Waals surface area contributed by atoms with E-state index >= 15 is 0 Å². The number of aliphatic imine (C=N–C) groups is 1. The van der Waals surface area contributed by atoms with E-state index in [0.717, 1.165) is 38.0 Å². The first kappa shape index (κ1) is 24.7. The SMILES string of the molecule is CCCN1CCC(NC(=NC)NCc2ccc(OC)c(OC(F)F)c2)CC1.I. The minimum absolute atomic E-state index is 0. The highest BCUT2D eigenvalue weighted by atomic mass is 127. The summed E-state index contributed by atoms with van der Waals surface area (Å²) in [6.07, 6.45) is 3.34. The van der Waals surface area contributed by atoms with Crippen LogP contribution < -0.4 is 20.1 Å². The van der Waals surface area contributed by atoms with Gasteiger partial charge in [-0.3, -0.25) is 4.99 Å². The first-order valence-corrected chi connectivity index (χ1v) is 9.37. The molecule has 2 rings (SSSR count). The third-order valence-corrected chi connectivity index (χ3v) is 4.60. The van der Waals surface area contributed by atoms with Crippen LogP contribution in [0, 0.1) is 0 Å². The molecular formula is C19H31F2IN4O2. The van der Waals surface area contributed by atoms with Gasteiger partial charge in [-0.2, -0.15) is 8.78 Å². The number of guanidine groups is 1. The number of methoxy groups -OCH3 is 1. The molecule has 0 aliphatic carbocycles. The molecule has 1 aromatic rings. The highest BCUT2D eigenvalue weighted by molar-refractivity contribution is 14.0. The van der Waals surface area contributed by atoms with Crippen molar-refractivity contribution in [1.29, 1.82) is 0 Å². The fraction of sp³-hybridized carbons (Fsp3) is 0.632. The summed E-state index contributed by atoms with van der Waals surface area (Å²) < 4.78 is 34.7. The number of rotatable bonds is 8. The minimum Gasteiger partial charge on any atom is -0.493 e. The van der Waals surface area contributed by atoms with Crippen LogP contribution in [0.5, 0.6) is 11.5 Å². The van der Waals surface area contributed by atoms with E-state index in [9.17, 15) is 8.78 Å². The first-order valence-electron chi connectivity index (χ1n) is 9.37. The van der Waals surface area contributed by atoms with Crippen LogP contribution in [0.4, 0.5) is 8.78 Å². The van der Waals surface area contributed by atoms with Crippen molar-refractivity contribution in [3.05, 3.63) is 23.8 Å². The molecule has 0 aromatic heterocycles. The molecule has 1 saturated heterocycles. The molecule has 0 amide bonds. The molecule has 9 heteroatoms. The number of piperidine rings is 1. The number of nitrogens with one attached hydrogen (secondary N) is 2. The smallest absolute Gasteiger partial charge is 0.387 e. The van der Waals surface area contributed by atoms with Gasteiger partial charge in [0.15, 0.2) is 17.5 Å². The van der Waals surface area contributed by atoms with Crippen LogP contribution in [-0.2, 0) is 6.54 Å². The monoisotopic (exact) mass is 512 g/mol. The van der Waals surface area contributed by atoms with Gasteiger partial charge in [0.25, 0.3) is 0 Å². The molecule has 0 atom stereocenters. The Morgan fingerprint density at radius 1 is 1.29 bits per heavy atom. The zero-order chi connectivity index (χ0) is 19.6. The Balaban J connectivity index is 0.00000392. The van der Waals surface area contributed by atoms with Crippen LogP contribution in [-0.4, -0.2) is 57.3 Å². The third-order valence-electron chi connectivity index (χ3n) is 4.60. The molecule has 6 nitrogen and oxygen atoms in total. The second-order valence-corrected chi connectivity index (χ2v) is 6.55. The van der Waals surface area contributed by atoms with E-state index in [0.29, 0.717) is 18.5 Å². The van der Waals surface area contributed by atoms with Gasteiger partial charge < -0.3 is 25.0 Å². The topological polar surface area (TPSA) is 58.1 Å². The Labute approximate surface area is 183 Å². The molecule has 0 saturated carbocycles. The largest absolute Gasteiger partial charge is 0.493 e. The summed E-state index contributed by atoms with van der Waals surface area (Å²) in [5.74, 6) is 1.01. The number of nitrogens with zero attached hydrogens (tertiary/aromatic N) is 2. The van der Waals surface area contributed by atoms with Crippen LogP contribution in [0.2, 0.25) is 0 Å². The van der Waals surface area contributed by atoms with Crippen molar-refractivity contribution < 1.29 is 18.3 Å². The molecule has 1 aromatic carbocycles. The number of benzene rings is 1. The summed E-state index contributed by atoms with van der Waals surface area (Å²) >= 11 is 0. The summed E-state index contributed by atoms with van der Waals surface area (Å²) in [4.78, 5) is 6.74. The Bertz CT molecular complexity index is 612. The van der Waals surface area contributed by atoms with Crippen molar-refractivity contribution in [2.75, 3.05) is 33.8 Å². The van der Waals surface area contributed by atoms with E-state index in [4.69, 9.17) is 4.74 Å². The van der Waals surface area contributed by atoms with E-state index in [-0.39, 0.29) is 35.5 Å². The fourth-order valence-electron chi connectivity index (χ4n) is 3.21. The lowest BCUT2D eigenvalue weighted by molar-refractivity contribution is -0.0512. The fourth-order valence-corrected chi connectivity index (χ4v) is 3.21. The zero-order valence-corrected chi connectivity index (χ0v) is 19.0. The summed E-state index contributed by atoms with van der Waals surface area (Å²) in [6, 6.07) is 5.36. The lowest BCUT2D eigenvalue weighted by atomic mass is 10.1. The van der Waals surface area contributed by atoms with E-state index in [1.54, 1.807) is 25.2 Å². The zero-order valence-electron chi connectivity index (χ0n) is 16.7. The van der Waals surface area contributed by atoms with Crippen LogP contribution >= 0.6 is 24.0 Å². The molecule has 0 unspecified atom stereocenters. The van der Waals surface area contributed by atoms with Gasteiger partial charge in [-0.1, -0.05) is 13.0 Å². The quantitative estimate of drug-likeness (QED) is 0.318. The van der Waals surface area contributed by atoms with Crippen molar-refractivity contribution in [2.24, 2.45) is 4.99 Å². The second-order valence-electron chi connectivity index (χ2n) is 6.55. The van der Waals surface area contributed by atoms with Crippen molar-refractivity contribution >= 4 is 29.9 Å². The second kappa shape index (κ2) is 13.0. The van der Waals surface area contributed by atoms with Gasteiger partial charge in [-0.15, -0.1) is 24.0 Å². The maximum atomic E-state index is 12.5. The molecule has 160 valence electrons. The predicted molar refractivity (Wildman–Crippen MR) is 118 cm³/mol. The number of hydrogen-bond donors (Lipinski definition) is 2. The molecular weight excluding hydrogens is 481 g/mol. The van der Waals surface area contributed by atoms with Gasteiger partial charge in [0.1, 0.15) is 0 Å². The molecule has 2 N–H and O–H groups in total. The average Bonchev–Trinajstić information content (AvgIpc) is 2.66. The molecule has 1 heterocycles. The van der Waals surface area contributed by atoms with Crippen LogP contribution in [0.3, 0.4) is 0 Å². The average molecular weight is 512 g/mol. The van der Waals surface area contributed by atoms with Gasteiger partial charge in [-0.05, 0) is 43.5 Å². The standard InChI is InChI=1S/C19H30F2N4O2.HI/c1-4-9-25-10-7-15(8-11-25)24-19(22-2)23-13-14-5-6-16(26-3)17(12-14)27-18(20)21;/h5-6,12,15,18H,4,7-11,13H2,1-3H3,(H2,22,23,24);1H. The van der Waals surface area contributed by atoms with Gasteiger partial charge >= 0.3 is 6.61 Å². The van der Waals surface area contributed by atoms with Crippen molar-refractivity contribution in [2.45, 2.75) is 45.4 Å². The summed E-state index contributed by atoms with van der Waals surface area (Å²) in [6.45, 7) is 3.09. The van der Waals surface area contributed by atoms with Crippen molar-refractivity contribution in [3.8, 4) is 11.5 Å². The summed E-state index contributed by atoms with van der Waals surface area (Å²) in [5.41, 5.74) is 0.798. The van der Waals surface area contributed by atoms with E-state index < -0.39 is 6.61 Å². The van der Waals surface area contributed by atoms with Crippen LogP contribution in [0.1, 0.15) is 31.7 Å². The number of likely N-dealkylation sites (tertiary alicyclic amines) is 1. The Hall–Kier alpha value is -1.36. The normalized spacial score (nSPS) is 15.9. The Morgan fingerprint density at radius 3 is 2.57 bits per heavy atom. The van der Waals surface area contributed by atoms with Gasteiger partial charge in [0.05, 0.1) is 7.11 Å². The van der Waals surface area contributed by atoms with E-state index in [1.165, 1.54) is 13.5 Å². The Morgan fingerprint density at radius 2 is 2.00 bits per heavy atom. The number of hydrogen-bond acceptors (Lipinski definition) is 4. The molecule has 1 aliphatic rings. The van der Waals surface area contributed by atoms with Crippen molar-refractivity contribution in [1.82, 2.24) is 15.5 Å². The maximum Gasteiger partial charge on any atom is 0.387 e. The number of ether oxygens (including phenoxy) is 2. The van der Waals surface area contributed by atoms with Gasteiger partial charge in [0, 0.05) is 32.7 Å². The molecule has 1 aliphatic heterocycles. The van der Waals surface area contributed by atoms with E-state index in [1.807, 2.05) is 0 Å². The van der Waals surface area contributed by atoms with Gasteiger partial charge in [-0.25, -0.2) is 0 Å². The highest BCUT2D eigenvalue weighted by Gasteiger charge is 2.19. The van der Waals surface area contributed by atoms with E-state index in [2.05, 4.69) is 32.2 Å². The third kappa shape index (κ3) is 7.94. The number of halogens is 3. The first-order chi connectivity index (χ1) is 13.0. The van der Waals surface area contributed by atoms with Crippen LogP contribution in [0.25, 0.3) is 0 Å². The number of alkyl halides is 2. The maximum absolute atomic E-state index is 12.5. The van der Waals surface area contributed by atoms with Gasteiger partial charge in [0.2, 0.25) is 0 Å². The summed E-state index contributed by atoms with van der Waals surface area (Å²) in [7, 11) is 3.14. The lowest BCUT2D eigenvalue weighted by Gasteiger charge is -2.32. The molecule has 0 bridgehead atoms. The molecule has 1 fully saturated rings. The van der Waals surface area contributed by atoms with Crippen LogP contribution in [0.15, 0.2) is 23.2 Å².